The number of hydrogen-bond donors (Lipinski definition) is 3. The third-order valence-corrected chi connectivity index (χ3v) is 4.62. The van der Waals surface area contributed by atoms with E-state index in [1.807, 2.05) is 0 Å². The zero-order chi connectivity index (χ0) is 13.9. The lowest BCUT2D eigenvalue weighted by Crippen LogP contribution is -2.42. The average Bonchev–Trinajstić information content (AvgIpc) is 2.98. The summed E-state index contributed by atoms with van der Waals surface area (Å²) in [6.45, 7) is 2.73. The van der Waals surface area contributed by atoms with Gasteiger partial charge in [-0.3, -0.25) is 0 Å². The maximum absolute atomic E-state index is 11.8. The number of carboxylic acid groups (broad SMARTS) is 1. The molecule has 0 saturated heterocycles. The Kier molecular flexibility index (Phi) is 4.09. The number of carbonyl (C=O) groups excluding carboxylic acids is 1. The molecule has 1 aromatic heterocycles. The maximum atomic E-state index is 11.8. The van der Waals surface area contributed by atoms with E-state index in [9.17, 15) is 9.59 Å². The van der Waals surface area contributed by atoms with E-state index in [0.717, 1.165) is 19.3 Å². The molecule has 1 aromatic rings. The van der Waals surface area contributed by atoms with E-state index in [4.69, 9.17) is 5.11 Å². The van der Waals surface area contributed by atoms with E-state index in [0.29, 0.717) is 11.4 Å². The fourth-order valence-electron chi connectivity index (χ4n) is 1.99. The second kappa shape index (κ2) is 5.61. The predicted molar refractivity (Wildman–Crippen MR) is 73.2 cm³/mol. The average molecular weight is 282 g/mol. The summed E-state index contributed by atoms with van der Waals surface area (Å²) in [5.41, 5.74) is 0.249. The summed E-state index contributed by atoms with van der Waals surface area (Å²) in [4.78, 5) is 23.6. The predicted octanol–water partition coefficient (Wildman–Crippen LogP) is 2.36. The summed E-state index contributed by atoms with van der Waals surface area (Å²) >= 11 is 1.32. The zero-order valence-electron chi connectivity index (χ0n) is 10.8. The molecule has 0 radical (unpaired) electrons. The number of rotatable bonds is 6. The first kappa shape index (κ1) is 13.9. The van der Waals surface area contributed by atoms with Crippen LogP contribution in [-0.2, 0) is 4.79 Å². The Bertz CT molecular complexity index is 454. The van der Waals surface area contributed by atoms with Gasteiger partial charge in [-0.25, -0.2) is 9.59 Å². The number of thiophene rings is 1. The van der Waals surface area contributed by atoms with Gasteiger partial charge in [-0.15, -0.1) is 11.3 Å². The zero-order valence-corrected chi connectivity index (χ0v) is 11.6. The van der Waals surface area contributed by atoms with Gasteiger partial charge in [-0.2, -0.15) is 0 Å². The summed E-state index contributed by atoms with van der Waals surface area (Å²) in [5, 5.41) is 16.2. The van der Waals surface area contributed by atoms with E-state index in [2.05, 4.69) is 17.6 Å². The van der Waals surface area contributed by atoms with Crippen LogP contribution >= 0.6 is 11.3 Å². The summed E-state index contributed by atoms with van der Waals surface area (Å²) in [5.74, 6) is -1.05. The van der Waals surface area contributed by atoms with Crippen molar-refractivity contribution >= 4 is 23.3 Å². The molecule has 1 fully saturated rings. The minimum Gasteiger partial charge on any atom is -0.479 e. The van der Waals surface area contributed by atoms with Crippen molar-refractivity contribution in [1.29, 1.82) is 0 Å². The molecule has 1 heterocycles. The molecule has 5 nitrogen and oxygen atoms in total. The second-order valence-electron chi connectivity index (χ2n) is 4.97. The van der Waals surface area contributed by atoms with Crippen molar-refractivity contribution in [3.8, 4) is 0 Å². The molecular weight excluding hydrogens is 264 g/mol. The van der Waals surface area contributed by atoms with Gasteiger partial charge in [-0.1, -0.05) is 13.0 Å². The molecular formula is C13H18N2O3S. The lowest BCUT2D eigenvalue weighted by Gasteiger charge is -2.17. The largest absolute Gasteiger partial charge is 0.479 e. The van der Waals surface area contributed by atoms with Crippen LogP contribution in [0.2, 0.25) is 0 Å². The van der Waals surface area contributed by atoms with Crippen LogP contribution in [0.3, 0.4) is 0 Å². The fourth-order valence-corrected chi connectivity index (χ4v) is 2.76. The highest BCUT2D eigenvalue weighted by atomic mass is 32.1. The van der Waals surface area contributed by atoms with Crippen molar-refractivity contribution in [2.24, 2.45) is 5.41 Å². The first-order valence-corrected chi connectivity index (χ1v) is 7.25. The van der Waals surface area contributed by atoms with Gasteiger partial charge < -0.3 is 15.7 Å². The molecule has 0 aromatic carbocycles. The van der Waals surface area contributed by atoms with E-state index < -0.39 is 18.0 Å². The van der Waals surface area contributed by atoms with Crippen molar-refractivity contribution in [2.45, 2.75) is 32.2 Å². The van der Waals surface area contributed by atoms with Gasteiger partial charge in [0, 0.05) is 11.4 Å². The van der Waals surface area contributed by atoms with E-state index in [1.165, 1.54) is 11.3 Å². The topological polar surface area (TPSA) is 78.4 Å². The quantitative estimate of drug-likeness (QED) is 0.749. The smallest absolute Gasteiger partial charge is 0.331 e. The second-order valence-corrected chi connectivity index (χ2v) is 5.95. The lowest BCUT2D eigenvalue weighted by atomic mass is 10.0. The van der Waals surface area contributed by atoms with Gasteiger partial charge in [0.25, 0.3) is 0 Å². The molecule has 1 aliphatic rings. The molecule has 1 aliphatic carbocycles. The van der Waals surface area contributed by atoms with Crippen LogP contribution in [0.15, 0.2) is 17.5 Å². The van der Waals surface area contributed by atoms with Crippen molar-refractivity contribution in [1.82, 2.24) is 10.6 Å². The van der Waals surface area contributed by atoms with Gasteiger partial charge in [0.2, 0.25) is 0 Å². The maximum Gasteiger partial charge on any atom is 0.331 e. The highest BCUT2D eigenvalue weighted by molar-refractivity contribution is 7.10. The molecule has 104 valence electrons. The van der Waals surface area contributed by atoms with Crippen LogP contribution in [0, 0.1) is 5.41 Å². The Morgan fingerprint density at radius 1 is 1.53 bits per heavy atom. The van der Waals surface area contributed by atoms with Crippen molar-refractivity contribution in [3.05, 3.63) is 22.4 Å². The molecule has 1 atom stereocenters. The van der Waals surface area contributed by atoms with Crippen molar-refractivity contribution in [3.63, 3.8) is 0 Å². The fraction of sp³-hybridized carbons (Fsp3) is 0.538. The number of urea groups is 1. The molecule has 3 N–H and O–H groups in total. The highest BCUT2D eigenvalue weighted by Crippen LogP contribution is 2.47. The van der Waals surface area contributed by atoms with Gasteiger partial charge in [-0.05, 0) is 36.1 Å². The monoisotopic (exact) mass is 282 g/mol. The van der Waals surface area contributed by atoms with Crippen molar-refractivity contribution < 1.29 is 14.7 Å². The van der Waals surface area contributed by atoms with Crippen molar-refractivity contribution in [2.75, 3.05) is 6.54 Å². The Morgan fingerprint density at radius 3 is 2.74 bits per heavy atom. The van der Waals surface area contributed by atoms with Gasteiger partial charge >= 0.3 is 12.0 Å². The highest BCUT2D eigenvalue weighted by Gasteiger charge is 2.40. The number of amides is 2. The molecule has 19 heavy (non-hydrogen) atoms. The van der Waals surface area contributed by atoms with Crippen LogP contribution < -0.4 is 10.6 Å². The number of carboxylic acids is 1. The number of carbonyl (C=O) groups is 2. The van der Waals surface area contributed by atoms with E-state index in [1.54, 1.807) is 17.5 Å². The Labute approximate surface area is 116 Å². The standard InChI is InChI=1S/C13H18N2O3S/c1-2-13(5-6-13)8-14-12(18)15-10(11(16)17)9-4-3-7-19-9/h3-4,7,10H,2,5-6,8H2,1H3,(H,16,17)(H2,14,15,18). The molecule has 2 rings (SSSR count). The normalized spacial score (nSPS) is 17.5. The first-order valence-electron chi connectivity index (χ1n) is 6.37. The van der Waals surface area contributed by atoms with E-state index >= 15 is 0 Å². The Morgan fingerprint density at radius 2 is 2.26 bits per heavy atom. The third-order valence-electron chi connectivity index (χ3n) is 3.68. The van der Waals surface area contributed by atoms with Gasteiger partial charge in [0.05, 0.1) is 0 Å². The molecule has 0 spiro atoms. The molecule has 1 unspecified atom stereocenters. The third kappa shape index (κ3) is 3.47. The summed E-state index contributed by atoms with van der Waals surface area (Å²) in [6.07, 6.45) is 3.31. The van der Waals surface area contributed by atoms with Crippen LogP contribution in [0.4, 0.5) is 4.79 Å². The number of nitrogens with one attached hydrogen (secondary N) is 2. The number of aliphatic carboxylic acids is 1. The summed E-state index contributed by atoms with van der Waals surface area (Å²) in [6, 6.07) is 2.08. The van der Waals surface area contributed by atoms with Gasteiger partial charge in [0.15, 0.2) is 6.04 Å². The Hall–Kier alpha value is -1.56. The SMILES string of the molecule is CCC1(CNC(=O)NC(C(=O)O)c2cccs2)CC1. The Balaban J connectivity index is 1.87. The molecule has 2 amide bonds. The molecule has 1 saturated carbocycles. The molecule has 0 aliphatic heterocycles. The minimum atomic E-state index is -1.05. The summed E-state index contributed by atoms with van der Waals surface area (Å²) in [7, 11) is 0. The summed E-state index contributed by atoms with van der Waals surface area (Å²) < 4.78 is 0. The van der Waals surface area contributed by atoms with E-state index in [-0.39, 0.29) is 5.41 Å². The first-order chi connectivity index (χ1) is 9.06. The molecule has 0 bridgehead atoms. The van der Waals surface area contributed by atoms with Crippen LogP contribution in [0.5, 0.6) is 0 Å². The lowest BCUT2D eigenvalue weighted by molar-refractivity contribution is -0.139. The minimum absolute atomic E-state index is 0.249. The van der Waals surface area contributed by atoms with Gasteiger partial charge in [0.1, 0.15) is 0 Å². The van der Waals surface area contributed by atoms with Crippen LogP contribution in [-0.4, -0.2) is 23.7 Å². The van der Waals surface area contributed by atoms with Crippen LogP contribution in [0.1, 0.15) is 37.1 Å². The molecule has 6 heteroatoms. The van der Waals surface area contributed by atoms with Crippen LogP contribution in [0.25, 0.3) is 0 Å². The number of hydrogen-bond acceptors (Lipinski definition) is 3.